The zero-order valence-corrected chi connectivity index (χ0v) is 10.8. The standard InChI is InChI=1S/C15H14ClFO/c1-18-14-8-4-12(5-9-14)15(16)10-11-2-6-13(17)7-3-11/h2-9,15H,10H2,1H3. The Morgan fingerprint density at radius 3 is 2.22 bits per heavy atom. The van der Waals surface area contributed by atoms with Crippen LogP contribution in [0.15, 0.2) is 48.5 Å². The number of rotatable bonds is 4. The van der Waals surface area contributed by atoms with Crippen molar-refractivity contribution in [2.45, 2.75) is 11.8 Å². The lowest BCUT2D eigenvalue weighted by atomic mass is 10.0. The fourth-order valence-corrected chi connectivity index (χ4v) is 2.08. The van der Waals surface area contributed by atoms with E-state index in [0.29, 0.717) is 6.42 Å². The molecule has 0 spiro atoms. The summed E-state index contributed by atoms with van der Waals surface area (Å²) in [4.78, 5) is 0. The molecule has 0 N–H and O–H groups in total. The molecule has 0 saturated heterocycles. The number of hydrogen-bond donors (Lipinski definition) is 0. The molecule has 0 aliphatic carbocycles. The monoisotopic (exact) mass is 264 g/mol. The van der Waals surface area contributed by atoms with Gasteiger partial charge in [0.05, 0.1) is 12.5 Å². The van der Waals surface area contributed by atoms with Gasteiger partial charge in [-0.05, 0) is 41.8 Å². The number of ether oxygens (including phenoxy) is 1. The van der Waals surface area contributed by atoms with Crippen LogP contribution in [0.2, 0.25) is 0 Å². The number of methoxy groups -OCH3 is 1. The summed E-state index contributed by atoms with van der Waals surface area (Å²) in [5.41, 5.74) is 2.05. The summed E-state index contributed by atoms with van der Waals surface area (Å²) in [6.45, 7) is 0. The first-order valence-electron chi connectivity index (χ1n) is 5.71. The van der Waals surface area contributed by atoms with Crippen molar-refractivity contribution in [2.24, 2.45) is 0 Å². The summed E-state index contributed by atoms with van der Waals surface area (Å²) >= 11 is 6.34. The van der Waals surface area contributed by atoms with Crippen LogP contribution in [-0.4, -0.2) is 7.11 Å². The minimum absolute atomic E-state index is 0.124. The van der Waals surface area contributed by atoms with Crippen molar-refractivity contribution in [3.63, 3.8) is 0 Å². The van der Waals surface area contributed by atoms with Crippen molar-refractivity contribution in [1.29, 1.82) is 0 Å². The maximum Gasteiger partial charge on any atom is 0.123 e. The molecule has 0 bridgehead atoms. The molecule has 1 unspecified atom stereocenters. The molecule has 1 atom stereocenters. The third-order valence-corrected chi connectivity index (χ3v) is 3.21. The van der Waals surface area contributed by atoms with Gasteiger partial charge in [-0.15, -0.1) is 11.6 Å². The molecule has 0 fully saturated rings. The van der Waals surface area contributed by atoms with Crippen molar-refractivity contribution in [3.05, 3.63) is 65.5 Å². The molecule has 2 aromatic rings. The van der Waals surface area contributed by atoms with Crippen LogP contribution in [0.25, 0.3) is 0 Å². The SMILES string of the molecule is COc1ccc(C(Cl)Cc2ccc(F)cc2)cc1. The maximum atomic E-state index is 12.8. The Morgan fingerprint density at radius 2 is 1.67 bits per heavy atom. The summed E-state index contributed by atoms with van der Waals surface area (Å²) in [5, 5.41) is -0.124. The molecule has 0 aliphatic rings. The molecular formula is C15H14ClFO. The summed E-state index contributed by atoms with van der Waals surface area (Å²) in [7, 11) is 1.63. The smallest absolute Gasteiger partial charge is 0.123 e. The lowest BCUT2D eigenvalue weighted by molar-refractivity contribution is 0.414. The Balaban J connectivity index is 2.06. The first-order valence-corrected chi connectivity index (χ1v) is 6.15. The lowest BCUT2D eigenvalue weighted by Crippen LogP contribution is -1.96. The maximum absolute atomic E-state index is 12.8. The van der Waals surface area contributed by atoms with Gasteiger partial charge in [0.1, 0.15) is 11.6 Å². The van der Waals surface area contributed by atoms with Gasteiger partial charge >= 0.3 is 0 Å². The quantitative estimate of drug-likeness (QED) is 0.746. The highest BCUT2D eigenvalue weighted by Gasteiger charge is 2.09. The van der Waals surface area contributed by atoms with E-state index in [0.717, 1.165) is 16.9 Å². The van der Waals surface area contributed by atoms with E-state index >= 15 is 0 Å². The average Bonchev–Trinajstić information content (AvgIpc) is 2.41. The fourth-order valence-electron chi connectivity index (χ4n) is 1.76. The van der Waals surface area contributed by atoms with Gasteiger partial charge < -0.3 is 4.74 Å². The van der Waals surface area contributed by atoms with Crippen LogP contribution in [0.4, 0.5) is 4.39 Å². The van der Waals surface area contributed by atoms with Gasteiger partial charge in [0, 0.05) is 0 Å². The second kappa shape index (κ2) is 5.87. The van der Waals surface area contributed by atoms with E-state index in [9.17, 15) is 4.39 Å². The predicted molar refractivity (Wildman–Crippen MR) is 71.7 cm³/mol. The number of alkyl halides is 1. The highest BCUT2D eigenvalue weighted by molar-refractivity contribution is 6.20. The molecule has 18 heavy (non-hydrogen) atoms. The molecule has 3 heteroatoms. The Kier molecular flexibility index (Phi) is 4.21. The highest BCUT2D eigenvalue weighted by atomic mass is 35.5. The van der Waals surface area contributed by atoms with Gasteiger partial charge in [-0.2, -0.15) is 0 Å². The molecule has 1 nitrogen and oxygen atoms in total. The van der Waals surface area contributed by atoms with E-state index in [2.05, 4.69) is 0 Å². The Bertz CT molecular complexity index is 493. The van der Waals surface area contributed by atoms with Gasteiger partial charge in [0.2, 0.25) is 0 Å². The first kappa shape index (κ1) is 12.9. The van der Waals surface area contributed by atoms with E-state index in [-0.39, 0.29) is 11.2 Å². The van der Waals surface area contributed by atoms with Gasteiger partial charge in [0.15, 0.2) is 0 Å². The Labute approximate surface area is 111 Å². The van der Waals surface area contributed by atoms with Gasteiger partial charge in [-0.25, -0.2) is 4.39 Å². The largest absolute Gasteiger partial charge is 0.497 e. The highest BCUT2D eigenvalue weighted by Crippen LogP contribution is 2.26. The van der Waals surface area contributed by atoms with Gasteiger partial charge in [-0.3, -0.25) is 0 Å². The number of halogens is 2. The minimum Gasteiger partial charge on any atom is -0.497 e. The number of hydrogen-bond acceptors (Lipinski definition) is 1. The third kappa shape index (κ3) is 3.23. The fraction of sp³-hybridized carbons (Fsp3) is 0.200. The van der Waals surface area contributed by atoms with E-state index in [1.807, 2.05) is 24.3 Å². The summed E-state index contributed by atoms with van der Waals surface area (Å²) in [6.07, 6.45) is 0.675. The van der Waals surface area contributed by atoms with Crippen LogP contribution in [0, 0.1) is 5.82 Å². The van der Waals surface area contributed by atoms with Crippen LogP contribution in [-0.2, 0) is 6.42 Å². The summed E-state index contributed by atoms with van der Waals surface area (Å²) < 4.78 is 17.9. The Hall–Kier alpha value is -1.54. The van der Waals surface area contributed by atoms with Crippen LogP contribution in [0.3, 0.4) is 0 Å². The average molecular weight is 265 g/mol. The molecule has 0 aromatic heterocycles. The minimum atomic E-state index is -0.227. The van der Waals surface area contributed by atoms with Gasteiger partial charge in [-0.1, -0.05) is 24.3 Å². The number of benzene rings is 2. The second-order valence-electron chi connectivity index (χ2n) is 4.07. The first-order chi connectivity index (χ1) is 8.69. The molecule has 2 aromatic carbocycles. The van der Waals surface area contributed by atoms with Crippen LogP contribution >= 0.6 is 11.6 Å². The van der Waals surface area contributed by atoms with Gasteiger partial charge in [0.25, 0.3) is 0 Å². The second-order valence-corrected chi connectivity index (χ2v) is 4.60. The van der Waals surface area contributed by atoms with Crippen molar-refractivity contribution in [3.8, 4) is 5.75 Å². The molecule has 2 rings (SSSR count). The van der Waals surface area contributed by atoms with Crippen LogP contribution < -0.4 is 4.74 Å². The molecule has 94 valence electrons. The van der Waals surface area contributed by atoms with E-state index in [1.165, 1.54) is 12.1 Å². The molecule has 0 aliphatic heterocycles. The van der Waals surface area contributed by atoms with Crippen molar-refractivity contribution in [1.82, 2.24) is 0 Å². The van der Waals surface area contributed by atoms with Crippen molar-refractivity contribution in [2.75, 3.05) is 7.11 Å². The summed E-state index contributed by atoms with van der Waals surface area (Å²) in [5.74, 6) is 0.582. The summed E-state index contributed by atoms with van der Waals surface area (Å²) in [6, 6.07) is 14.1. The molecule has 0 saturated carbocycles. The zero-order valence-electron chi connectivity index (χ0n) is 10.1. The molecule has 0 radical (unpaired) electrons. The topological polar surface area (TPSA) is 9.23 Å². The van der Waals surface area contributed by atoms with Crippen molar-refractivity contribution >= 4 is 11.6 Å². The normalized spacial score (nSPS) is 12.2. The Morgan fingerprint density at radius 1 is 1.06 bits per heavy atom. The third-order valence-electron chi connectivity index (χ3n) is 2.81. The van der Waals surface area contributed by atoms with Crippen LogP contribution in [0.1, 0.15) is 16.5 Å². The zero-order chi connectivity index (χ0) is 13.0. The van der Waals surface area contributed by atoms with E-state index in [1.54, 1.807) is 19.2 Å². The van der Waals surface area contributed by atoms with E-state index < -0.39 is 0 Å². The lowest BCUT2D eigenvalue weighted by Gasteiger charge is -2.10. The molecular weight excluding hydrogens is 251 g/mol. The van der Waals surface area contributed by atoms with E-state index in [4.69, 9.17) is 16.3 Å². The molecule has 0 heterocycles. The molecule has 0 amide bonds. The van der Waals surface area contributed by atoms with Crippen molar-refractivity contribution < 1.29 is 9.13 Å². The predicted octanol–water partition coefficient (Wildman–Crippen LogP) is 4.36. The van der Waals surface area contributed by atoms with Crippen LogP contribution in [0.5, 0.6) is 5.75 Å².